The van der Waals surface area contributed by atoms with Crippen LogP contribution in [-0.2, 0) is 12.8 Å². The monoisotopic (exact) mass is 402 g/mol. The number of rotatable bonds is 8. The number of carbonyl (C=O) groups excluding carboxylic acids is 2. The molecule has 30 heavy (non-hydrogen) atoms. The molecule has 0 bridgehead atoms. The van der Waals surface area contributed by atoms with Crippen LogP contribution in [0.25, 0.3) is 0 Å². The quantitative estimate of drug-likeness (QED) is 0.434. The molecule has 0 aromatic heterocycles. The van der Waals surface area contributed by atoms with Crippen LogP contribution in [0.3, 0.4) is 0 Å². The van der Waals surface area contributed by atoms with Crippen LogP contribution in [0.1, 0.15) is 31.8 Å². The Morgan fingerprint density at radius 1 is 0.633 bits per heavy atom. The van der Waals surface area contributed by atoms with E-state index in [1.54, 1.807) is 30.3 Å². The topological polar surface area (TPSA) is 110 Å². The van der Waals surface area contributed by atoms with Gasteiger partial charge in [0.1, 0.15) is 0 Å². The smallest absolute Gasteiger partial charge is 0.251 e. The van der Waals surface area contributed by atoms with Gasteiger partial charge in [0.15, 0.2) is 0 Å². The molecule has 154 valence electrons. The Balaban J connectivity index is 1.54. The number of hydrogen-bond donors (Lipinski definition) is 4. The van der Waals surface area contributed by atoms with Crippen LogP contribution in [-0.4, -0.2) is 24.9 Å². The highest BCUT2D eigenvalue weighted by Crippen LogP contribution is 2.22. The van der Waals surface area contributed by atoms with Crippen LogP contribution in [0.4, 0.5) is 11.4 Å². The molecule has 0 aliphatic carbocycles. The van der Waals surface area contributed by atoms with Gasteiger partial charge in [0, 0.05) is 35.6 Å². The molecule has 3 aromatic carbocycles. The Morgan fingerprint density at radius 3 is 1.43 bits per heavy atom. The van der Waals surface area contributed by atoms with Crippen molar-refractivity contribution in [3.63, 3.8) is 0 Å². The lowest BCUT2D eigenvalue weighted by Gasteiger charge is -2.13. The maximum absolute atomic E-state index is 12.2. The van der Waals surface area contributed by atoms with Crippen molar-refractivity contribution in [2.75, 3.05) is 24.6 Å². The van der Waals surface area contributed by atoms with Crippen LogP contribution in [0.2, 0.25) is 0 Å². The lowest BCUT2D eigenvalue weighted by atomic mass is 10.0. The summed E-state index contributed by atoms with van der Waals surface area (Å²) >= 11 is 0. The summed E-state index contributed by atoms with van der Waals surface area (Å²) in [7, 11) is 0. The lowest BCUT2D eigenvalue weighted by Crippen LogP contribution is -2.26. The first kappa shape index (κ1) is 20.9. The summed E-state index contributed by atoms with van der Waals surface area (Å²) in [6.07, 6.45) is 1.18. The van der Waals surface area contributed by atoms with Crippen molar-refractivity contribution in [1.82, 2.24) is 10.6 Å². The SMILES string of the molecule is Nc1cc(N)c(CCNC(=O)c2ccccc2)cc1CCNC(=O)c1ccccc1. The van der Waals surface area contributed by atoms with E-state index >= 15 is 0 Å². The Labute approximate surface area is 176 Å². The summed E-state index contributed by atoms with van der Waals surface area (Å²) in [4.78, 5) is 24.3. The van der Waals surface area contributed by atoms with Crippen molar-refractivity contribution in [1.29, 1.82) is 0 Å². The summed E-state index contributed by atoms with van der Waals surface area (Å²) in [5, 5.41) is 5.80. The van der Waals surface area contributed by atoms with Crippen LogP contribution in [0, 0.1) is 0 Å². The molecular formula is C24H26N4O2. The molecule has 0 heterocycles. The second-order valence-electron chi connectivity index (χ2n) is 6.99. The lowest BCUT2D eigenvalue weighted by molar-refractivity contribution is 0.0946. The molecule has 0 unspecified atom stereocenters. The van der Waals surface area contributed by atoms with Gasteiger partial charge < -0.3 is 22.1 Å². The van der Waals surface area contributed by atoms with Gasteiger partial charge in [-0.15, -0.1) is 0 Å². The molecule has 0 fully saturated rings. The number of carbonyl (C=O) groups is 2. The van der Waals surface area contributed by atoms with Crippen LogP contribution < -0.4 is 22.1 Å². The van der Waals surface area contributed by atoms with Gasteiger partial charge in [-0.2, -0.15) is 0 Å². The molecule has 0 saturated carbocycles. The van der Waals surface area contributed by atoms with Crippen LogP contribution >= 0.6 is 0 Å². The fourth-order valence-electron chi connectivity index (χ4n) is 3.17. The number of nitrogen functional groups attached to an aromatic ring is 2. The van der Waals surface area contributed by atoms with Crippen molar-refractivity contribution in [3.8, 4) is 0 Å². The first-order valence-electron chi connectivity index (χ1n) is 9.88. The van der Waals surface area contributed by atoms with Crippen LogP contribution in [0.5, 0.6) is 0 Å². The zero-order valence-corrected chi connectivity index (χ0v) is 16.7. The van der Waals surface area contributed by atoms with Crippen molar-refractivity contribution in [2.24, 2.45) is 0 Å². The van der Waals surface area contributed by atoms with E-state index in [0.717, 1.165) is 11.1 Å². The normalized spacial score (nSPS) is 10.4. The summed E-state index contributed by atoms with van der Waals surface area (Å²) in [6.45, 7) is 0.929. The predicted molar refractivity (Wildman–Crippen MR) is 120 cm³/mol. The molecule has 3 aromatic rings. The van der Waals surface area contributed by atoms with E-state index in [9.17, 15) is 9.59 Å². The zero-order chi connectivity index (χ0) is 21.3. The molecule has 0 saturated heterocycles. The van der Waals surface area contributed by atoms with Gasteiger partial charge in [-0.3, -0.25) is 9.59 Å². The molecule has 0 radical (unpaired) electrons. The molecule has 3 rings (SSSR count). The van der Waals surface area contributed by atoms with Crippen LogP contribution in [0.15, 0.2) is 72.8 Å². The molecule has 0 aliphatic heterocycles. The van der Waals surface area contributed by atoms with Gasteiger partial charge >= 0.3 is 0 Å². The minimum absolute atomic E-state index is 0.117. The summed E-state index contributed by atoms with van der Waals surface area (Å²) < 4.78 is 0. The largest absolute Gasteiger partial charge is 0.398 e. The second kappa shape index (κ2) is 10.1. The summed E-state index contributed by atoms with van der Waals surface area (Å²) in [5.74, 6) is -0.234. The molecule has 0 spiro atoms. The molecule has 0 atom stereocenters. The highest BCUT2D eigenvalue weighted by atomic mass is 16.2. The molecule has 6 heteroatoms. The number of amides is 2. The molecular weight excluding hydrogens is 376 g/mol. The third kappa shape index (κ3) is 5.61. The van der Waals surface area contributed by atoms with E-state index < -0.39 is 0 Å². The number of anilines is 2. The zero-order valence-electron chi connectivity index (χ0n) is 16.7. The predicted octanol–water partition coefficient (Wildman–Crippen LogP) is 2.80. The Hall–Kier alpha value is -3.80. The first-order valence-corrected chi connectivity index (χ1v) is 9.88. The van der Waals surface area contributed by atoms with Crippen molar-refractivity contribution >= 4 is 23.2 Å². The Bertz CT molecular complexity index is 926. The second-order valence-corrected chi connectivity index (χ2v) is 6.99. The average molecular weight is 402 g/mol. The molecule has 6 nitrogen and oxygen atoms in total. The molecule has 2 amide bonds. The highest BCUT2D eigenvalue weighted by molar-refractivity contribution is 5.94. The maximum Gasteiger partial charge on any atom is 0.251 e. The Kier molecular flexibility index (Phi) is 7.05. The average Bonchev–Trinajstić information content (AvgIpc) is 2.77. The summed E-state index contributed by atoms with van der Waals surface area (Å²) in [5.41, 5.74) is 16.5. The van der Waals surface area contributed by atoms with E-state index in [-0.39, 0.29) is 11.8 Å². The van der Waals surface area contributed by atoms with Gasteiger partial charge in [0.05, 0.1) is 0 Å². The van der Waals surface area contributed by atoms with Crippen molar-refractivity contribution < 1.29 is 9.59 Å². The van der Waals surface area contributed by atoms with E-state index in [1.165, 1.54) is 0 Å². The number of benzene rings is 3. The number of nitrogens with two attached hydrogens (primary N) is 2. The van der Waals surface area contributed by atoms with E-state index in [4.69, 9.17) is 11.5 Å². The van der Waals surface area contributed by atoms with E-state index in [2.05, 4.69) is 10.6 Å². The van der Waals surface area contributed by atoms with Gasteiger partial charge in [0.2, 0.25) is 0 Å². The maximum atomic E-state index is 12.2. The highest BCUT2D eigenvalue weighted by Gasteiger charge is 2.09. The number of nitrogens with one attached hydrogen (secondary N) is 2. The third-order valence-corrected chi connectivity index (χ3v) is 4.83. The third-order valence-electron chi connectivity index (χ3n) is 4.83. The summed E-state index contributed by atoms with van der Waals surface area (Å²) in [6, 6.07) is 21.8. The first-order chi connectivity index (χ1) is 14.5. The van der Waals surface area contributed by atoms with Crippen molar-refractivity contribution in [3.05, 3.63) is 95.1 Å². The minimum atomic E-state index is -0.117. The van der Waals surface area contributed by atoms with Gasteiger partial charge in [-0.1, -0.05) is 42.5 Å². The number of hydrogen-bond acceptors (Lipinski definition) is 4. The van der Waals surface area contributed by atoms with Gasteiger partial charge in [-0.25, -0.2) is 0 Å². The molecule has 6 N–H and O–H groups in total. The van der Waals surface area contributed by atoms with E-state index in [0.29, 0.717) is 48.4 Å². The van der Waals surface area contributed by atoms with Gasteiger partial charge in [0.25, 0.3) is 11.8 Å². The molecule has 0 aliphatic rings. The Morgan fingerprint density at radius 2 is 1.03 bits per heavy atom. The van der Waals surface area contributed by atoms with Crippen molar-refractivity contribution in [2.45, 2.75) is 12.8 Å². The minimum Gasteiger partial charge on any atom is -0.398 e. The van der Waals surface area contributed by atoms with Gasteiger partial charge in [-0.05, 0) is 54.3 Å². The fourth-order valence-corrected chi connectivity index (χ4v) is 3.17. The van der Waals surface area contributed by atoms with E-state index in [1.807, 2.05) is 42.5 Å². The fraction of sp³-hybridized carbons (Fsp3) is 0.167. The standard InChI is InChI=1S/C24H26N4O2/c25-21-16-22(26)20(12-14-28-24(30)18-9-5-2-6-10-18)15-19(21)11-13-27-23(29)17-7-3-1-4-8-17/h1-10,15-16H,11-14,25-26H2,(H,27,29)(H,28,30).